The lowest BCUT2D eigenvalue weighted by atomic mass is 10.1. The van der Waals surface area contributed by atoms with Crippen LogP contribution >= 0.6 is 0 Å². The summed E-state index contributed by atoms with van der Waals surface area (Å²) in [6.07, 6.45) is 1.39. The predicted molar refractivity (Wildman–Crippen MR) is 63.3 cm³/mol. The highest BCUT2D eigenvalue weighted by Gasteiger charge is 2.24. The molecule has 1 aliphatic heterocycles. The van der Waals surface area contributed by atoms with E-state index in [1.807, 2.05) is 0 Å². The third-order valence-electron chi connectivity index (χ3n) is 2.76. The zero-order chi connectivity index (χ0) is 13.1. The predicted octanol–water partition coefficient (Wildman–Crippen LogP) is 0.106. The molecule has 1 heterocycles. The number of rotatable bonds is 2. The van der Waals surface area contributed by atoms with E-state index in [2.05, 4.69) is 10.6 Å². The Morgan fingerprint density at radius 3 is 2.56 bits per heavy atom. The average Bonchev–Trinajstić information content (AvgIpc) is 2.31. The molecule has 1 saturated heterocycles. The summed E-state index contributed by atoms with van der Waals surface area (Å²) in [5, 5.41) is 23.8. The van der Waals surface area contributed by atoms with Crippen LogP contribution in [0.2, 0.25) is 0 Å². The van der Waals surface area contributed by atoms with Gasteiger partial charge in [0.25, 0.3) is 5.91 Å². The first-order valence-electron chi connectivity index (χ1n) is 5.68. The molecule has 0 bridgehead atoms. The molecule has 1 unspecified atom stereocenters. The lowest BCUT2D eigenvalue weighted by molar-refractivity contribution is -0.124. The Kier molecular flexibility index (Phi) is 3.36. The number of hydrogen-bond acceptors (Lipinski definition) is 4. The van der Waals surface area contributed by atoms with Crippen LogP contribution in [-0.2, 0) is 4.79 Å². The molecule has 0 radical (unpaired) electrons. The van der Waals surface area contributed by atoms with E-state index in [-0.39, 0.29) is 23.0 Å². The topological polar surface area (TPSA) is 98.7 Å². The fourth-order valence-electron chi connectivity index (χ4n) is 1.88. The summed E-state index contributed by atoms with van der Waals surface area (Å²) in [4.78, 5) is 23.3. The SMILES string of the molecule is O=C(NC1CCCNC1=O)c1cc(O)cc(O)c1. The van der Waals surface area contributed by atoms with Gasteiger partial charge in [0.2, 0.25) is 5.91 Å². The Hall–Kier alpha value is -2.24. The number of aromatic hydroxyl groups is 2. The van der Waals surface area contributed by atoms with Gasteiger partial charge in [-0.05, 0) is 25.0 Å². The Balaban J connectivity index is 2.09. The van der Waals surface area contributed by atoms with Crippen molar-refractivity contribution in [1.82, 2.24) is 10.6 Å². The number of piperidine rings is 1. The molecule has 2 amide bonds. The smallest absolute Gasteiger partial charge is 0.252 e. The monoisotopic (exact) mass is 250 g/mol. The maximum absolute atomic E-state index is 11.8. The Labute approximate surface area is 104 Å². The molecule has 1 aromatic carbocycles. The van der Waals surface area contributed by atoms with Crippen molar-refractivity contribution in [2.75, 3.05) is 6.54 Å². The van der Waals surface area contributed by atoms with E-state index in [0.717, 1.165) is 12.5 Å². The third kappa shape index (κ3) is 2.71. The third-order valence-corrected chi connectivity index (χ3v) is 2.76. The molecule has 0 aromatic heterocycles. The van der Waals surface area contributed by atoms with Crippen LogP contribution in [0.5, 0.6) is 11.5 Å². The van der Waals surface area contributed by atoms with Crippen molar-refractivity contribution in [1.29, 1.82) is 0 Å². The second-order valence-corrected chi connectivity index (χ2v) is 4.20. The summed E-state index contributed by atoms with van der Waals surface area (Å²) in [5.74, 6) is -1.11. The van der Waals surface area contributed by atoms with Crippen molar-refractivity contribution in [3.8, 4) is 11.5 Å². The van der Waals surface area contributed by atoms with Gasteiger partial charge >= 0.3 is 0 Å². The zero-order valence-corrected chi connectivity index (χ0v) is 9.64. The van der Waals surface area contributed by atoms with Crippen LogP contribution in [0.3, 0.4) is 0 Å². The summed E-state index contributed by atoms with van der Waals surface area (Å²) < 4.78 is 0. The number of hydrogen-bond donors (Lipinski definition) is 4. The van der Waals surface area contributed by atoms with Crippen molar-refractivity contribution >= 4 is 11.8 Å². The molecule has 6 heteroatoms. The number of nitrogens with one attached hydrogen (secondary N) is 2. The summed E-state index contributed by atoms with van der Waals surface area (Å²) in [6, 6.07) is 3.03. The van der Waals surface area contributed by atoms with E-state index in [9.17, 15) is 19.8 Å². The lowest BCUT2D eigenvalue weighted by Crippen LogP contribution is -2.50. The highest BCUT2D eigenvalue weighted by atomic mass is 16.3. The second-order valence-electron chi connectivity index (χ2n) is 4.20. The molecular weight excluding hydrogens is 236 g/mol. The van der Waals surface area contributed by atoms with E-state index in [0.29, 0.717) is 13.0 Å². The van der Waals surface area contributed by atoms with Gasteiger partial charge in [-0.15, -0.1) is 0 Å². The number of benzene rings is 1. The maximum Gasteiger partial charge on any atom is 0.252 e. The van der Waals surface area contributed by atoms with E-state index < -0.39 is 11.9 Å². The van der Waals surface area contributed by atoms with Gasteiger partial charge in [0.05, 0.1) is 0 Å². The van der Waals surface area contributed by atoms with Crippen LogP contribution in [0.1, 0.15) is 23.2 Å². The van der Waals surface area contributed by atoms with Crippen molar-refractivity contribution in [2.45, 2.75) is 18.9 Å². The highest BCUT2D eigenvalue weighted by Crippen LogP contribution is 2.20. The van der Waals surface area contributed by atoms with Crippen molar-refractivity contribution < 1.29 is 19.8 Å². The molecule has 4 N–H and O–H groups in total. The quantitative estimate of drug-likeness (QED) is 0.598. The fourth-order valence-corrected chi connectivity index (χ4v) is 1.88. The summed E-state index contributed by atoms with van der Waals surface area (Å²) in [5.41, 5.74) is 0.117. The Bertz CT molecular complexity index is 467. The molecule has 96 valence electrons. The first-order chi connectivity index (χ1) is 8.56. The van der Waals surface area contributed by atoms with Crippen LogP contribution in [0.4, 0.5) is 0 Å². The summed E-state index contributed by atoms with van der Waals surface area (Å²) in [6.45, 7) is 0.623. The van der Waals surface area contributed by atoms with Crippen LogP contribution in [0.15, 0.2) is 18.2 Å². The molecule has 0 saturated carbocycles. The minimum absolute atomic E-state index is 0.117. The fraction of sp³-hybridized carbons (Fsp3) is 0.333. The van der Waals surface area contributed by atoms with Gasteiger partial charge < -0.3 is 20.8 Å². The molecule has 6 nitrogen and oxygen atoms in total. The minimum Gasteiger partial charge on any atom is -0.508 e. The molecule has 0 aliphatic carbocycles. The van der Waals surface area contributed by atoms with E-state index >= 15 is 0 Å². The van der Waals surface area contributed by atoms with Crippen LogP contribution in [-0.4, -0.2) is 34.6 Å². The summed E-state index contributed by atoms with van der Waals surface area (Å²) >= 11 is 0. The van der Waals surface area contributed by atoms with Gasteiger partial charge in [-0.2, -0.15) is 0 Å². The summed E-state index contributed by atoms with van der Waals surface area (Å²) in [7, 11) is 0. The number of amides is 2. The van der Waals surface area contributed by atoms with Crippen LogP contribution < -0.4 is 10.6 Å². The number of carbonyl (C=O) groups is 2. The first kappa shape index (κ1) is 12.2. The van der Waals surface area contributed by atoms with Crippen molar-refractivity contribution in [2.24, 2.45) is 0 Å². The van der Waals surface area contributed by atoms with Gasteiger partial charge in [0.15, 0.2) is 0 Å². The van der Waals surface area contributed by atoms with Gasteiger partial charge in [-0.1, -0.05) is 0 Å². The van der Waals surface area contributed by atoms with Crippen LogP contribution in [0, 0.1) is 0 Å². The number of phenols is 2. The van der Waals surface area contributed by atoms with Crippen LogP contribution in [0.25, 0.3) is 0 Å². The molecule has 1 aliphatic rings. The van der Waals surface area contributed by atoms with Crippen molar-refractivity contribution in [3.05, 3.63) is 23.8 Å². The van der Waals surface area contributed by atoms with Gasteiger partial charge in [0.1, 0.15) is 17.5 Å². The maximum atomic E-state index is 11.8. The van der Waals surface area contributed by atoms with E-state index in [1.54, 1.807) is 0 Å². The average molecular weight is 250 g/mol. The lowest BCUT2D eigenvalue weighted by Gasteiger charge is -2.22. The van der Waals surface area contributed by atoms with E-state index in [4.69, 9.17) is 0 Å². The van der Waals surface area contributed by atoms with Gasteiger partial charge in [-0.3, -0.25) is 9.59 Å². The highest BCUT2D eigenvalue weighted by molar-refractivity contribution is 5.98. The standard InChI is InChI=1S/C12H14N2O4/c15-8-4-7(5-9(16)6-8)11(17)14-10-2-1-3-13-12(10)18/h4-6,10,15-16H,1-3H2,(H,13,18)(H,14,17). The Morgan fingerprint density at radius 1 is 1.28 bits per heavy atom. The number of carbonyl (C=O) groups excluding carboxylic acids is 2. The number of phenolic OH excluding ortho intramolecular Hbond substituents is 2. The van der Waals surface area contributed by atoms with Crippen molar-refractivity contribution in [3.63, 3.8) is 0 Å². The zero-order valence-electron chi connectivity index (χ0n) is 9.64. The molecule has 18 heavy (non-hydrogen) atoms. The molecule has 0 spiro atoms. The van der Waals surface area contributed by atoms with Gasteiger partial charge in [-0.25, -0.2) is 0 Å². The second kappa shape index (κ2) is 4.95. The van der Waals surface area contributed by atoms with E-state index in [1.165, 1.54) is 12.1 Å². The largest absolute Gasteiger partial charge is 0.508 e. The molecule has 1 aromatic rings. The normalized spacial score (nSPS) is 19.1. The Morgan fingerprint density at radius 2 is 1.94 bits per heavy atom. The molecule has 2 rings (SSSR count). The van der Waals surface area contributed by atoms with Gasteiger partial charge in [0, 0.05) is 18.2 Å². The molecule has 1 atom stereocenters. The minimum atomic E-state index is -0.559. The molecule has 1 fully saturated rings. The first-order valence-corrected chi connectivity index (χ1v) is 5.68. The molecular formula is C12H14N2O4.